The van der Waals surface area contributed by atoms with E-state index < -0.39 is 0 Å². The van der Waals surface area contributed by atoms with Crippen LogP contribution in [0.15, 0.2) is 24.3 Å². The Bertz CT molecular complexity index is 398. The van der Waals surface area contributed by atoms with Crippen molar-refractivity contribution < 1.29 is 4.39 Å². The van der Waals surface area contributed by atoms with E-state index in [1.165, 1.54) is 50.8 Å². The van der Waals surface area contributed by atoms with E-state index in [1.54, 1.807) is 12.1 Å². The van der Waals surface area contributed by atoms with Crippen molar-refractivity contribution in [3.8, 4) is 0 Å². The summed E-state index contributed by atoms with van der Waals surface area (Å²) in [5.74, 6) is -0.142. The summed E-state index contributed by atoms with van der Waals surface area (Å²) in [7, 11) is 0. The maximum absolute atomic E-state index is 13.0. The van der Waals surface area contributed by atoms with Crippen LogP contribution in [0.1, 0.15) is 37.7 Å². The van der Waals surface area contributed by atoms with Crippen molar-refractivity contribution in [2.75, 3.05) is 13.1 Å². The third-order valence-electron chi connectivity index (χ3n) is 4.53. The molecule has 3 heteroatoms. The minimum Gasteiger partial charge on any atom is -0.312 e. The predicted molar refractivity (Wildman–Crippen MR) is 75.5 cm³/mol. The number of piperidine rings is 1. The van der Waals surface area contributed by atoms with Gasteiger partial charge in [0.2, 0.25) is 0 Å². The molecule has 1 aromatic rings. The highest BCUT2D eigenvalue weighted by atomic mass is 19.1. The second-order valence-electron chi connectivity index (χ2n) is 5.86. The zero-order valence-corrected chi connectivity index (χ0v) is 11.4. The van der Waals surface area contributed by atoms with Crippen LogP contribution in [-0.2, 0) is 6.54 Å². The second-order valence-corrected chi connectivity index (χ2v) is 5.86. The maximum Gasteiger partial charge on any atom is 0.123 e. The van der Waals surface area contributed by atoms with Crippen LogP contribution in [0.2, 0.25) is 0 Å². The van der Waals surface area contributed by atoms with E-state index in [1.807, 2.05) is 12.1 Å². The van der Waals surface area contributed by atoms with Crippen molar-refractivity contribution in [1.82, 2.24) is 10.2 Å². The van der Waals surface area contributed by atoms with Gasteiger partial charge in [0.1, 0.15) is 5.82 Å². The minimum absolute atomic E-state index is 0.142. The first-order valence-electron chi connectivity index (χ1n) is 7.55. The molecule has 0 saturated carbocycles. The molecular formula is C16H23FN2. The molecule has 0 aliphatic carbocycles. The topological polar surface area (TPSA) is 15.3 Å². The van der Waals surface area contributed by atoms with Gasteiger partial charge in [-0.1, -0.05) is 18.6 Å². The normalized spacial score (nSPS) is 28.7. The number of nitrogens with one attached hydrogen (secondary N) is 1. The Hall–Kier alpha value is -0.930. The Morgan fingerprint density at radius 1 is 1.11 bits per heavy atom. The molecule has 0 bridgehead atoms. The van der Waals surface area contributed by atoms with Crippen molar-refractivity contribution in [1.29, 1.82) is 0 Å². The van der Waals surface area contributed by atoms with Gasteiger partial charge in [0, 0.05) is 18.6 Å². The Morgan fingerprint density at radius 3 is 2.68 bits per heavy atom. The van der Waals surface area contributed by atoms with Gasteiger partial charge in [-0.25, -0.2) is 4.39 Å². The van der Waals surface area contributed by atoms with Crippen LogP contribution in [0.4, 0.5) is 4.39 Å². The van der Waals surface area contributed by atoms with Gasteiger partial charge < -0.3 is 5.32 Å². The number of likely N-dealkylation sites (tertiary alicyclic amines) is 1. The summed E-state index contributed by atoms with van der Waals surface area (Å²) >= 11 is 0. The number of halogens is 1. The molecule has 0 spiro atoms. The van der Waals surface area contributed by atoms with Crippen LogP contribution in [0.5, 0.6) is 0 Å². The van der Waals surface area contributed by atoms with Crippen LogP contribution in [0.25, 0.3) is 0 Å². The number of hydrogen-bond donors (Lipinski definition) is 1. The highest BCUT2D eigenvalue weighted by molar-refractivity contribution is 5.16. The first-order chi connectivity index (χ1) is 9.33. The smallest absolute Gasteiger partial charge is 0.123 e. The molecule has 2 fully saturated rings. The molecule has 0 amide bonds. The highest BCUT2D eigenvalue weighted by Crippen LogP contribution is 2.25. The molecule has 104 valence electrons. The lowest BCUT2D eigenvalue weighted by Crippen LogP contribution is -2.49. The molecule has 2 nitrogen and oxygen atoms in total. The summed E-state index contributed by atoms with van der Waals surface area (Å²) in [6.45, 7) is 3.31. The minimum atomic E-state index is -0.142. The lowest BCUT2D eigenvalue weighted by molar-refractivity contribution is 0.112. The number of benzene rings is 1. The zero-order chi connectivity index (χ0) is 13.1. The predicted octanol–water partition coefficient (Wildman–Crippen LogP) is 2.93. The maximum atomic E-state index is 13.0. The van der Waals surface area contributed by atoms with Crippen molar-refractivity contribution in [2.24, 2.45) is 0 Å². The molecule has 2 aliphatic rings. The lowest BCUT2D eigenvalue weighted by atomic mass is 9.94. The van der Waals surface area contributed by atoms with Crippen molar-refractivity contribution in [3.63, 3.8) is 0 Å². The molecule has 1 N–H and O–H groups in total. The number of nitrogens with zero attached hydrogens (tertiary/aromatic N) is 1. The standard InChI is InChI=1S/C16H23FN2/c17-14-8-6-13(7-9-14)12-19-11-2-1-5-16(19)15-4-3-10-18-15/h6-9,15-16,18H,1-5,10-12H2. The summed E-state index contributed by atoms with van der Waals surface area (Å²) in [4.78, 5) is 2.60. The fourth-order valence-corrected chi connectivity index (χ4v) is 3.53. The highest BCUT2D eigenvalue weighted by Gasteiger charge is 2.31. The van der Waals surface area contributed by atoms with Crippen molar-refractivity contribution >= 4 is 0 Å². The Labute approximate surface area is 115 Å². The number of rotatable bonds is 3. The Morgan fingerprint density at radius 2 is 1.95 bits per heavy atom. The molecule has 3 rings (SSSR count). The van der Waals surface area contributed by atoms with E-state index in [-0.39, 0.29) is 5.82 Å². The molecule has 2 aliphatic heterocycles. The fourth-order valence-electron chi connectivity index (χ4n) is 3.53. The molecule has 2 heterocycles. The summed E-state index contributed by atoms with van der Waals surface area (Å²) in [6.07, 6.45) is 6.57. The molecular weight excluding hydrogens is 239 g/mol. The van der Waals surface area contributed by atoms with Gasteiger partial charge in [0.15, 0.2) is 0 Å². The van der Waals surface area contributed by atoms with E-state index >= 15 is 0 Å². The molecule has 19 heavy (non-hydrogen) atoms. The van der Waals surface area contributed by atoms with Crippen LogP contribution in [0, 0.1) is 5.82 Å². The fraction of sp³-hybridized carbons (Fsp3) is 0.625. The zero-order valence-electron chi connectivity index (χ0n) is 11.4. The summed E-state index contributed by atoms with van der Waals surface area (Å²) in [6, 6.07) is 8.32. The van der Waals surface area contributed by atoms with E-state index in [0.717, 1.165) is 6.54 Å². The molecule has 0 radical (unpaired) electrons. The van der Waals surface area contributed by atoms with Gasteiger partial charge in [-0.05, 0) is 56.5 Å². The third kappa shape index (κ3) is 3.15. The van der Waals surface area contributed by atoms with E-state index in [9.17, 15) is 4.39 Å². The quantitative estimate of drug-likeness (QED) is 0.901. The molecule has 2 unspecified atom stereocenters. The van der Waals surface area contributed by atoms with E-state index in [2.05, 4.69) is 10.2 Å². The van der Waals surface area contributed by atoms with Gasteiger partial charge in [0.25, 0.3) is 0 Å². The molecule has 0 aromatic heterocycles. The first kappa shape index (κ1) is 13.1. The summed E-state index contributed by atoms with van der Waals surface area (Å²) in [5.41, 5.74) is 1.23. The average molecular weight is 262 g/mol. The SMILES string of the molecule is Fc1ccc(CN2CCCCC2C2CCCN2)cc1. The van der Waals surface area contributed by atoms with Crippen LogP contribution >= 0.6 is 0 Å². The van der Waals surface area contributed by atoms with E-state index in [0.29, 0.717) is 12.1 Å². The van der Waals surface area contributed by atoms with Gasteiger partial charge in [-0.3, -0.25) is 4.90 Å². The van der Waals surface area contributed by atoms with Crippen LogP contribution in [0.3, 0.4) is 0 Å². The Balaban J connectivity index is 1.67. The second kappa shape index (κ2) is 6.02. The molecule has 2 saturated heterocycles. The van der Waals surface area contributed by atoms with Gasteiger partial charge in [-0.15, -0.1) is 0 Å². The largest absolute Gasteiger partial charge is 0.312 e. The van der Waals surface area contributed by atoms with Crippen molar-refractivity contribution in [2.45, 2.75) is 50.7 Å². The van der Waals surface area contributed by atoms with Gasteiger partial charge in [-0.2, -0.15) is 0 Å². The van der Waals surface area contributed by atoms with Gasteiger partial charge in [0.05, 0.1) is 0 Å². The van der Waals surface area contributed by atoms with Crippen LogP contribution < -0.4 is 5.32 Å². The lowest BCUT2D eigenvalue weighted by Gasteiger charge is -2.39. The number of hydrogen-bond acceptors (Lipinski definition) is 2. The van der Waals surface area contributed by atoms with E-state index in [4.69, 9.17) is 0 Å². The average Bonchev–Trinajstić information content (AvgIpc) is 2.96. The Kier molecular flexibility index (Phi) is 4.14. The molecule has 2 atom stereocenters. The van der Waals surface area contributed by atoms with Gasteiger partial charge >= 0.3 is 0 Å². The van der Waals surface area contributed by atoms with Crippen LogP contribution in [-0.4, -0.2) is 30.1 Å². The third-order valence-corrected chi connectivity index (χ3v) is 4.53. The first-order valence-corrected chi connectivity index (χ1v) is 7.55. The summed E-state index contributed by atoms with van der Waals surface area (Å²) < 4.78 is 13.0. The molecule has 1 aromatic carbocycles. The monoisotopic (exact) mass is 262 g/mol. The summed E-state index contributed by atoms with van der Waals surface area (Å²) in [5, 5.41) is 3.65. The van der Waals surface area contributed by atoms with Crippen molar-refractivity contribution in [3.05, 3.63) is 35.6 Å².